The number of fused-ring (bicyclic) bond motifs is 2. The van der Waals surface area contributed by atoms with Crippen LogP contribution >= 0.6 is 0 Å². The van der Waals surface area contributed by atoms with E-state index in [0.29, 0.717) is 23.2 Å². The highest BCUT2D eigenvalue weighted by Crippen LogP contribution is 2.44. The summed E-state index contributed by atoms with van der Waals surface area (Å²) in [6.45, 7) is 0.726. The van der Waals surface area contributed by atoms with Gasteiger partial charge >= 0.3 is 0 Å². The van der Waals surface area contributed by atoms with Crippen LogP contribution in [0, 0.1) is 11.7 Å². The van der Waals surface area contributed by atoms with Crippen molar-refractivity contribution in [1.82, 2.24) is 14.3 Å². The van der Waals surface area contributed by atoms with Gasteiger partial charge in [-0.2, -0.15) is 0 Å². The van der Waals surface area contributed by atoms with Crippen LogP contribution in [0.1, 0.15) is 54.2 Å². The second kappa shape index (κ2) is 7.04. The average molecular weight is 377 g/mol. The molecule has 5 rings (SSSR count). The summed E-state index contributed by atoms with van der Waals surface area (Å²) in [7, 11) is 0. The van der Waals surface area contributed by atoms with Crippen molar-refractivity contribution in [2.75, 3.05) is 6.54 Å². The maximum Gasteiger partial charge on any atom is 0.290 e. The number of likely N-dealkylation sites (tertiary alicyclic amines) is 1. The summed E-state index contributed by atoms with van der Waals surface area (Å²) in [6, 6.07) is 14.0. The number of halogens is 1. The van der Waals surface area contributed by atoms with Crippen LogP contribution in [0.3, 0.4) is 0 Å². The third kappa shape index (κ3) is 2.81. The summed E-state index contributed by atoms with van der Waals surface area (Å²) in [6.07, 6.45) is 8.72. The first-order chi connectivity index (χ1) is 13.7. The largest absolute Gasteiger partial charge is 0.333 e. The highest BCUT2D eigenvalue weighted by Gasteiger charge is 2.42. The molecule has 3 atom stereocenters. The summed E-state index contributed by atoms with van der Waals surface area (Å²) in [5.41, 5.74) is 1.74. The third-order valence-electron chi connectivity index (χ3n) is 6.58. The molecule has 2 fully saturated rings. The molecular formula is C23H24FN3O. The normalized spacial score (nSPS) is 24.9. The number of pyridine rings is 1. The zero-order chi connectivity index (χ0) is 19.1. The molecule has 3 aromatic rings. The van der Waals surface area contributed by atoms with E-state index in [2.05, 4.69) is 35.3 Å². The molecule has 28 heavy (non-hydrogen) atoms. The molecule has 0 spiro atoms. The zero-order valence-corrected chi connectivity index (χ0v) is 15.8. The number of carbonyl (C=O) groups is 1. The van der Waals surface area contributed by atoms with Crippen molar-refractivity contribution in [3.8, 4) is 0 Å². The van der Waals surface area contributed by atoms with Crippen LogP contribution in [-0.2, 0) is 0 Å². The topological polar surface area (TPSA) is 37.6 Å². The van der Waals surface area contributed by atoms with E-state index in [0.717, 1.165) is 32.2 Å². The van der Waals surface area contributed by atoms with E-state index < -0.39 is 0 Å². The Balaban J connectivity index is 1.47. The molecule has 4 nitrogen and oxygen atoms in total. The van der Waals surface area contributed by atoms with Crippen molar-refractivity contribution in [2.45, 2.75) is 44.1 Å². The number of hydrogen-bond acceptors (Lipinski definition) is 2. The average Bonchev–Trinajstić information content (AvgIpc) is 3.19. The van der Waals surface area contributed by atoms with Crippen molar-refractivity contribution < 1.29 is 9.18 Å². The second-order valence-corrected chi connectivity index (χ2v) is 8.01. The molecule has 1 amide bonds. The van der Waals surface area contributed by atoms with E-state index >= 15 is 0 Å². The number of imidazole rings is 1. The van der Waals surface area contributed by atoms with E-state index in [1.807, 2.05) is 4.90 Å². The Labute approximate surface area is 164 Å². The quantitative estimate of drug-likeness (QED) is 0.651. The van der Waals surface area contributed by atoms with E-state index in [9.17, 15) is 9.18 Å². The van der Waals surface area contributed by atoms with Gasteiger partial charge in [-0.05, 0) is 48.8 Å². The number of rotatable bonds is 2. The van der Waals surface area contributed by atoms with Gasteiger partial charge in [0.2, 0.25) is 5.82 Å². The number of nitrogens with zero attached hydrogens (tertiary/aromatic N) is 3. The first-order valence-electron chi connectivity index (χ1n) is 10.2. The van der Waals surface area contributed by atoms with Crippen LogP contribution in [0.25, 0.3) is 5.52 Å². The minimum Gasteiger partial charge on any atom is -0.333 e. The molecule has 0 N–H and O–H groups in total. The van der Waals surface area contributed by atoms with Gasteiger partial charge in [0, 0.05) is 18.8 Å². The van der Waals surface area contributed by atoms with Crippen molar-refractivity contribution in [3.05, 3.63) is 72.1 Å². The van der Waals surface area contributed by atoms with Crippen molar-refractivity contribution in [2.24, 2.45) is 5.92 Å². The molecule has 5 heteroatoms. The van der Waals surface area contributed by atoms with Crippen LogP contribution in [0.4, 0.5) is 4.39 Å². The van der Waals surface area contributed by atoms with Crippen LogP contribution in [0.2, 0.25) is 0 Å². The maximum atomic E-state index is 14.0. The lowest BCUT2D eigenvalue weighted by atomic mass is 9.69. The van der Waals surface area contributed by atoms with E-state index in [-0.39, 0.29) is 17.8 Å². The van der Waals surface area contributed by atoms with Crippen molar-refractivity contribution in [3.63, 3.8) is 0 Å². The summed E-state index contributed by atoms with van der Waals surface area (Å²) in [5.74, 6) is 0.875. The van der Waals surface area contributed by atoms with Crippen molar-refractivity contribution >= 4 is 11.4 Å². The lowest BCUT2D eigenvalue weighted by Gasteiger charge is -2.48. The van der Waals surface area contributed by atoms with Gasteiger partial charge in [0.25, 0.3) is 5.91 Å². The zero-order valence-electron chi connectivity index (χ0n) is 15.8. The Hall–Kier alpha value is -2.69. The number of carbonyl (C=O) groups excluding carboxylic acids is 1. The summed E-state index contributed by atoms with van der Waals surface area (Å²) < 4.78 is 15.6. The van der Waals surface area contributed by atoms with Gasteiger partial charge in [0.1, 0.15) is 11.3 Å². The van der Waals surface area contributed by atoms with Gasteiger partial charge in [0.15, 0.2) is 0 Å². The number of piperidine rings is 1. The molecule has 144 valence electrons. The summed E-state index contributed by atoms with van der Waals surface area (Å²) in [4.78, 5) is 19.7. The number of hydrogen-bond donors (Lipinski definition) is 0. The van der Waals surface area contributed by atoms with Gasteiger partial charge in [-0.25, -0.2) is 9.37 Å². The fraction of sp³-hybridized carbons (Fsp3) is 0.391. The molecule has 0 radical (unpaired) electrons. The Kier molecular flexibility index (Phi) is 4.38. The predicted molar refractivity (Wildman–Crippen MR) is 106 cm³/mol. The molecule has 2 aliphatic rings. The molecular weight excluding hydrogens is 353 g/mol. The molecule has 1 aromatic carbocycles. The molecule has 1 saturated carbocycles. The lowest BCUT2D eigenvalue weighted by molar-refractivity contribution is 0.0308. The van der Waals surface area contributed by atoms with Gasteiger partial charge < -0.3 is 4.90 Å². The number of aromatic nitrogens is 2. The first-order valence-corrected chi connectivity index (χ1v) is 10.2. The van der Waals surface area contributed by atoms with Gasteiger partial charge in [-0.3, -0.25) is 9.20 Å². The summed E-state index contributed by atoms with van der Waals surface area (Å²) >= 11 is 0. The van der Waals surface area contributed by atoms with Crippen LogP contribution in [0.5, 0.6) is 0 Å². The molecule has 1 saturated heterocycles. The molecule has 3 heterocycles. The second-order valence-electron chi connectivity index (χ2n) is 8.01. The van der Waals surface area contributed by atoms with E-state index in [1.165, 1.54) is 24.2 Å². The van der Waals surface area contributed by atoms with Gasteiger partial charge in [0.05, 0.1) is 6.20 Å². The highest BCUT2D eigenvalue weighted by molar-refractivity contribution is 5.92. The molecule has 3 unspecified atom stereocenters. The van der Waals surface area contributed by atoms with Crippen LogP contribution in [0.15, 0.2) is 54.9 Å². The highest BCUT2D eigenvalue weighted by atomic mass is 19.1. The minimum absolute atomic E-state index is 0.0750. The lowest BCUT2D eigenvalue weighted by Crippen LogP contribution is -2.52. The smallest absolute Gasteiger partial charge is 0.290 e. The number of amides is 1. The fourth-order valence-corrected chi connectivity index (χ4v) is 5.29. The van der Waals surface area contributed by atoms with Crippen LogP contribution < -0.4 is 0 Å². The molecule has 0 bridgehead atoms. The first kappa shape index (κ1) is 17.4. The molecule has 1 aliphatic carbocycles. The van der Waals surface area contributed by atoms with Gasteiger partial charge in [-0.15, -0.1) is 0 Å². The monoisotopic (exact) mass is 377 g/mol. The molecule has 1 aliphatic heterocycles. The SMILES string of the molecule is O=C(c1ncc2c(F)cccn12)N1CCC(c2ccccc2)C2CCCCC21. The predicted octanol–water partition coefficient (Wildman–Crippen LogP) is 4.66. The fourth-order valence-electron chi connectivity index (χ4n) is 5.29. The van der Waals surface area contributed by atoms with E-state index in [4.69, 9.17) is 0 Å². The Bertz CT molecular complexity index is 1000. The summed E-state index contributed by atoms with van der Waals surface area (Å²) in [5, 5.41) is 0. The van der Waals surface area contributed by atoms with Crippen molar-refractivity contribution in [1.29, 1.82) is 0 Å². The third-order valence-corrected chi connectivity index (χ3v) is 6.58. The molecule has 2 aromatic heterocycles. The Morgan fingerprint density at radius 3 is 2.71 bits per heavy atom. The minimum atomic E-state index is -0.354. The number of benzene rings is 1. The maximum absolute atomic E-state index is 14.0. The van der Waals surface area contributed by atoms with E-state index in [1.54, 1.807) is 16.7 Å². The Morgan fingerprint density at radius 1 is 1.04 bits per heavy atom. The van der Waals surface area contributed by atoms with Gasteiger partial charge in [-0.1, -0.05) is 43.2 Å². The standard InChI is InChI=1S/C23H24FN3O/c24-19-10-6-13-26-21(19)15-25-22(26)23(28)27-14-12-17(16-7-2-1-3-8-16)18-9-4-5-11-20(18)27/h1-3,6-8,10,13,15,17-18,20H,4-5,9,11-12,14H2. The Morgan fingerprint density at radius 2 is 1.86 bits per heavy atom. The van der Waals surface area contributed by atoms with Crippen LogP contribution in [-0.4, -0.2) is 32.8 Å².